The van der Waals surface area contributed by atoms with Gasteiger partial charge in [0.15, 0.2) is 9.84 Å². The Morgan fingerprint density at radius 3 is 2.88 bits per heavy atom. The first kappa shape index (κ1) is 12.1. The third-order valence-corrected chi connectivity index (χ3v) is 4.49. The maximum Gasteiger partial charge on any atom is 0.225 e. The zero-order valence-corrected chi connectivity index (χ0v) is 10.5. The minimum atomic E-state index is -2.92. The Morgan fingerprint density at radius 2 is 2.24 bits per heavy atom. The van der Waals surface area contributed by atoms with E-state index in [0.717, 1.165) is 12.1 Å². The van der Waals surface area contributed by atoms with E-state index in [1.165, 1.54) is 0 Å². The van der Waals surface area contributed by atoms with Crippen molar-refractivity contribution < 1.29 is 8.42 Å². The molecule has 1 unspecified atom stereocenters. The molecule has 94 valence electrons. The molecule has 1 saturated heterocycles. The second-order valence-corrected chi connectivity index (χ2v) is 6.58. The van der Waals surface area contributed by atoms with Gasteiger partial charge in [-0.25, -0.2) is 13.4 Å². The average Bonchev–Trinajstić information content (AvgIpc) is 2.13. The first-order valence-electron chi connectivity index (χ1n) is 5.53. The number of rotatable bonds is 2. The molecule has 2 heterocycles. The summed E-state index contributed by atoms with van der Waals surface area (Å²) in [7, 11) is -2.92. The van der Waals surface area contributed by atoms with E-state index in [1.807, 2.05) is 6.92 Å². The van der Waals surface area contributed by atoms with Crippen LogP contribution in [0.4, 0.5) is 11.8 Å². The van der Waals surface area contributed by atoms with Crippen LogP contribution in [-0.4, -0.2) is 35.9 Å². The number of nitrogens with two attached hydrogens (primary N) is 1. The van der Waals surface area contributed by atoms with Crippen LogP contribution in [0.2, 0.25) is 0 Å². The van der Waals surface area contributed by atoms with Crippen LogP contribution >= 0.6 is 0 Å². The van der Waals surface area contributed by atoms with Gasteiger partial charge in [0, 0.05) is 17.8 Å². The number of anilines is 2. The summed E-state index contributed by atoms with van der Waals surface area (Å²) in [5.41, 5.74) is 6.37. The van der Waals surface area contributed by atoms with Crippen molar-refractivity contribution in [3.8, 4) is 0 Å². The van der Waals surface area contributed by atoms with Gasteiger partial charge in [0.2, 0.25) is 5.95 Å². The number of nitrogens with zero attached hydrogens (tertiary/aromatic N) is 2. The third kappa shape index (κ3) is 3.29. The second-order valence-electron chi connectivity index (χ2n) is 4.36. The van der Waals surface area contributed by atoms with E-state index in [0.29, 0.717) is 18.2 Å². The van der Waals surface area contributed by atoms with E-state index >= 15 is 0 Å². The number of sulfone groups is 1. The summed E-state index contributed by atoms with van der Waals surface area (Å²) in [6.45, 7) is 1.82. The zero-order chi connectivity index (χ0) is 12.5. The molecule has 3 N–H and O–H groups in total. The summed E-state index contributed by atoms with van der Waals surface area (Å²) in [5.74, 6) is 1.22. The van der Waals surface area contributed by atoms with Gasteiger partial charge in [0.1, 0.15) is 5.82 Å². The van der Waals surface area contributed by atoms with Crippen molar-refractivity contribution in [2.24, 2.45) is 0 Å². The Balaban J connectivity index is 2.10. The van der Waals surface area contributed by atoms with Crippen molar-refractivity contribution >= 4 is 21.6 Å². The Hall–Kier alpha value is -1.37. The molecule has 7 heteroatoms. The number of hydrogen-bond donors (Lipinski definition) is 2. The van der Waals surface area contributed by atoms with Crippen LogP contribution in [0.1, 0.15) is 18.5 Å². The number of nitrogen functional groups attached to an aromatic ring is 1. The van der Waals surface area contributed by atoms with Crippen LogP contribution < -0.4 is 11.1 Å². The lowest BCUT2D eigenvalue weighted by atomic mass is 10.2. The summed E-state index contributed by atoms with van der Waals surface area (Å²) in [6.07, 6.45) is 1.50. The van der Waals surface area contributed by atoms with Gasteiger partial charge in [-0.1, -0.05) is 0 Å². The fourth-order valence-electron chi connectivity index (χ4n) is 1.98. The second kappa shape index (κ2) is 4.48. The van der Waals surface area contributed by atoms with Crippen molar-refractivity contribution in [1.82, 2.24) is 9.97 Å². The van der Waals surface area contributed by atoms with Crippen molar-refractivity contribution in [1.29, 1.82) is 0 Å². The first-order chi connectivity index (χ1) is 7.94. The Morgan fingerprint density at radius 1 is 1.47 bits per heavy atom. The third-order valence-electron chi connectivity index (χ3n) is 2.67. The standard InChI is InChI=1S/C10H16N4O2S/c1-7-5-9(11)14-10(12-7)13-8-3-2-4-17(15,16)6-8/h5,8H,2-4,6H2,1H3,(H3,11,12,13,14). The molecule has 1 aromatic heterocycles. The minimum absolute atomic E-state index is 0.116. The van der Waals surface area contributed by atoms with Crippen LogP contribution in [0, 0.1) is 6.92 Å². The van der Waals surface area contributed by atoms with Gasteiger partial charge in [-0.3, -0.25) is 0 Å². The summed E-state index contributed by atoms with van der Waals surface area (Å²) < 4.78 is 23.0. The quantitative estimate of drug-likeness (QED) is 0.792. The topological polar surface area (TPSA) is 98.0 Å². The normalized spacial score (nSPS) is 23.2. The van der Waals surface area contributed by atoms with Gasteiger partial charge in [-0.15, -0.1) is 0 Å². The van der Waals surface area contributed by atoms with E-state index in [4.69, 9.17) is 5.73 Å². The monoisotopic (exact) mass is 256 g/mol. The molecule has 1 aliphatic rings. The summed E-state index contributed by atoms with van der Waals surface area (Å²) >= 11 is 0. The highest BCUT2D eigenvalue weighted by atomic mass is 32.2. The summed E-state index contributed by atoms with van der Waals surface area (Å²) in [5, 5.41) is 3.04. The van der Waals surface area contributed by atoms with E-state index in [2.05, 4.69) is 15.3 Å². The molecule has 1 atom stereocenters. The van der Waals surface area contributed by atoms with Crippen LogP contribution in [0.5, 0.6) is 0 Å². The largest absolute Gasteiger partial charge is 0.384 e. The first-order valence-corrected chi connectivity index (χ1v) is 7.35. The molecule has 0 saturated carbocycles. The van der Waals surface area contributed by atoms with Crippen molar-refractivity contribution in [2.45, 2.75) is 25.8 Å². The SMILES string of the molecule is Cc1cc(N)nc(NC2CCCS(=O)(=O)C2)n1. The van der Waals surface area contributed by atoms with Gasteiger partial charge in [-0.2, -0.15) is 4.98 Å². The van der Waals surface area contributed by atoms with Gasteiger partial charge in [0.05, 0.1) is 11.5 Å². The Bertz CT molecular complexity index is 495. The molecule has 0 bridgehead atoms. The van der Waals surface area contributed by atoms with E-state index in [-0.39, 0.29) is 17.5 Å². The fraction of sp³-hybridized carbons (Fsp3) is 0.600. The number of nitrogens with one attached hydrogen (secondary N) is 1. The number of aromatic nitrogens is 2. The molecular weight excluding hydrogens is 240 g/mol. The van der Waals surface area contributed by atoms with Crippen LogP contribution in [0.25, 0.3) is 0 Å². The Kier molecular flexibility index (Phi) is 3.19. The molecule has 1 aliphatic heterocycles. The maximum atomic E-state index is 11.5. The highest BCUT2D eigenvalue weighted by molar-refractivity contribution is 7.91. The van der Waals surface area contributed by atoms with Crippen molar-refractivity contribution in [3.05, 3.63) is 11.8 Å². The lowest BCUT2D eigenvalue weighted by molar-refractivity contribution is 0.561. The lowest BCUT2D eigenvalue weighted by Crippen LogP contribution is -2.35. The van der Waals surface area contributed by atoms with Crippen LogP contribution in [-0.2, 0) is 9.84 Å². The predicted molar refractivity (Wildman–Crippen MR) is 66.5 cm³/mol. The zero-order valence-electron chi connectivity index (χ0n) is 9.68. The molecule has 6 nitrogen and oxygen atoms in total. The Labute approximate surface area is 101 Å². The van der Waals surface area contributed by atoms with Gasteiger partial charge < -0.3 is 11.1 Å². The molecule has 1 aromatic rings. The average molecular weight is 256 g/mol. The highest BCUT2D eigenvalue weighted by Crippen LogP contribution is 2.16. The van der Waals surface area contributed by atoms with Crippen molar-refractivity contribution in [3.63, 3.8) is 0 Å². The molecule has 0 radical (unpaired) electrons. The van der Waals surface area contributed by atoms with Crippen molar-refractivity contribution in [2.75, 3.05) is 22.6 Å². The predicted octanol–water partition coefficient (Wildman–Crippen LogP) is 0.356. The lowest BCUT2D eigenvalue weighted by Gasteiger charge is -2.23. The molecule has 0 aliphatic carbocycles. The summed E-state index contributed by atoms with van der Waals surface area (Å²) in [4.78, 5) is 8.22. The van der Waals surface area contributed by atoms with E-state index < -0.39 is 9.84 Å². The maximum absolute atomic E-state index is 11.5. The van der Waals surface area contributed by atoms with Gasteiger partial charge in [0.25, 0.3) is 0 Å². The van der Waals surface area contributed by atoms with Crippen LogP contribution in [0.15, 0.2) is 6.07 Å². The van der Waals surface area contributed by atoms with Gasteiger partial charge in [-0.05, 0) is 19.8 Å². The highest BCUT2D eigenvalue weighted by Gasteiger charge is 2.25. The van der Waals surface area contributed by atoms with Gasteiger partial charge >= 0.3 is 0 Å². The van der Waals surface area contributed by atoms with E-state index in [9.17, 15) is 8.42 Å². The fourth-order valence-corrected chi connectivity index (χ4v) is 3.61. The molecule has 0 aromatic carbocycles. The minimum Gasteiger partial charge on any atom is -0.384 e. The molecule has 17 heavy (non-hydrogen) atoms. The molecular formula is C10H16N4O2S. The molecule has 2 rings (SSSR count). The molecule has 0 spiro atoms. The van der Waals surface area contributed by atoms with Crippen LogP contribution in [0.3, 0.4) is 0 Å². The van der Waals surface area contributed by atoms with E-state index in [1.54, 1.807) is 6.07 Å². The number of aryl methyl sites for hydroxylation is 1. The summed E-state index contributed by atoms with van der Waals surface area (Å²) in [6, 6.07) is 1.55. The number of hydrogen-bond acceptors (Lipinski definition) is 6. The smallest absolute Gasteiger partial charge is 0.225 e. The molecule has 0 amide bonds. The molecule has 1 fully saturated rings.